The molecule has 2 aromatic rings. The summed E-state index contributed by atoms with van der Waals surface area (Å²) in [5, 5.41) is 2.88. The van der Waals surface area contributed by atoms with Gasteiger partial charge in [0.2, 0.25) is 0 Å². The molecule has 26 heavy (non-hydrogen) atoms. The number of aryl methyl sites for hydroxylation is 1. The topological polar surface area (TPSA) is 58.6 Å². The maximum Gasteiger partial charge on any atom is 0.325 e. The molecule has 1 spiro atoms. The van der Waals surface area contributed by atoms with Crippen molar-refractivity contribution in [3.05, 3.63) is 65.5 Å². The molecule has 1 fully saturated rings. The van der Waals surface area contributed by atoms with Crippen molar-refractivity contribution in [2.24, 2.45) is 0 Å². The number of urea groups is 1. The molecule has 2 aromatic carbocycles. The van der Waals surface area contributed by atoms with Crippen molar-refractivity contribution >= 4 is 11.9 Å². The monoisotopic (exact) mass is 354 g/mol. The first-order valence-corrected chi connectivity index (χ1v) is 8.67. The van der Waals surface area contributed by atoms with E-state index in [4.69, 9.17) is 4.74 Å². The van der Waals surface area contributed by atoms with E-state index in [2.05, 4.69) is 11.4 Å². The minimum atomic E-state index is -0.872. The van der Waals surface area contributed by atoms with Gasteiger partial charge in [0.05, 0.1) is 6.54 Å². The molecule has 1 saturated heterocycles. The zero-order chi connectivity index (χ0) is 18.1. The van der Waals surface area contributed by atoms with Crippen molar-refractivity contribution in [3.63, 3.8) is 0 Å². The van der Waals surface area contributed by atoms with Gasteiger partial charge < -0.3 is 10.1 Å². The van der Waals surface area contributed by atoms with E-state index in [0.29, 0.717) is 12.8 Å². The predicted molar refractivity (Wildman–Crippen MR) is 93.3 cm³/mol. The summed E-state index contributed by atoms with van der Waals surface area (Å²) in [6.07, 6.45) is 1.83. The second kappa shape index (κ2) is 6.44. The van der Waals surface area contributed by atoms with E-state index in [-0.39, 0.29) is 24.8 Å². The van der Waals surface area contributed by atoms with Crippen LogP contribution in [0.15, 0.2) is 48.5 Å². The van der Waals surface area contributed by atoms with E-state index in [1.54, 1.807) is 12.1 Å². The van der Waals surface area contributed by atoms with Gasteiger partial charge in [-0.1, -0.05) is 36.4 Å². The number of para-hydroxylation sites is 1. The number of amides is 3. The van der Waals surface area contributed by atoms with Crippen LogP contribution in [0.4, 0.5) is 9.18 Å². The minimum Gasteiger partial charge on any atom is -0.489 e. The molecule has 1 aliphatic heterocycles. The van der Waals surface area contributed by atoms with Gasteiger partial charge in [-0.05, 0) is 36.1 Å². The maximum atomic E-state index is 13.6. The number of imide groups is 1. The number of hydrogen-bond acceptors (Lipinski definition) is 3. The van der Waals surface area contributed by atoms with Gasteiger partial charge in [-0.15, -0.1) is 0 Å². The number of ether oxygens (including phenoxy) is 1. The van der Waals surface area contributed by atoms with Crippen LogP contribution in [0, 0.1) is 5.82 Å². The average Bonchev–Trinajstić information content (AvgIpc) is 2.87. The van der Waals surface area contributed by atoms with Crippen molar-refractivity contribution in [2.75, 3.05) is 13.2 Å². The molecule has 6 heteroatoms. The summed E-state index contributed by atoms with van der Waals surface area (Å²) in [4.78, 5) is 26.4. The van der Waals surface area contributed by atoms with Gasteiger partial charge in [0, 0.05) is 6.42 Å². The minimum absolute atomic E-state index is 0.0484. The summed E-state index contributed by atoms with van der Waals surface area (Å²) in [6.45, 7) is 0.134. The van der Waals surface area contributed by atoms with Crippen LogP contribution in [0.5, 0.6) is 5.75 Å². The number of nitrogens with one attached hydrogen (secondary N) is 1. The van der Waals surface area contributed by atoms with Gasteiger partial charge in [-0.3, -0.25) is 9.69 Å². The van der Waals surface area contributed by atoms with Crippen LogP contribution in [-0.4, -0.2) is 35.5 Å². The fourth-order valence-electron chi connectivity index (χ4n) is 3.71. The Bertz CT molecular complexity index is 870. The second-order valence-corrected chi connectivity index (χ2v) is 6.69. The molecule has 0 radical (unpaired) electrons. The Morgan fingerprint density at radius 3 is 2.62 bits per heavy atom. The van der Waals surface area contributed by atoms with Crippen LogP contribution < -0.4 is 10.1 Å². The van der Waals surface area contributed by atoms with E-state index < -0.39 is 17.4 Å². The molecule has 1 aliphatic carbocycles. The molecule has 1 N–H and O–H groups in total. The Labute approximate surface area is 150 Å². The molecule has 1 heterocycles. The van der Waals surface area contributed by atoms with Crippen molar-refractivity contribution in [3.8, 4) is 5.75 Å². The van der Waals surface area contributed by atoms with Crippen LogP contribution in [0.25, 0.3) is 0 Å². The maximum absolute atomic E-state index is 13.6. The molecular formula is C20H19FN2O3. The van der Waals surface area contributed by atoms with Crippen LogP contribution in [0.3, 0.4) is 0 Å². The van der Waals surface area contributed by atoms with Crippen LogP contribution in [0.2, 0.25) is 0 Å². The van der Waals surface area contributed by atoms with Crippen LogP contribution in [0.1, 0.15) is 17.5 Å². The van der Waals surface area contributed by atoms with E-state index in [1.165, 1.54) is 22.6 Å². The zero-order valence-corrected chi connectivity index (χ0v) is 14.2. The quantitative estimate of drug-likeness (QED) is 0.859. The Hall–Kier alpha value is -2.89. The fourth-order valence-corrected chi connectivity index (χ4v) is 3.71. The number of fused-ring (bicyclic) bond motifs is 1. The summed E-state index contributed by atoms with van der Waals surface area (Å²) in [7, 11) is 0. The highest BCUT2D eigenvalue weighted by atomic mass is 19.1. The lowest BCUT2D eigenvalue weighted by molar-refractivity contribution is -0.132. The number of halogens is 1. The van der Waals surface area contributed by atoms with Gasteiger partial charge in [0.25, 0.3) is 5.91 Å². The molecule has 1 atom stereocenters. The summed E-state index contributed by atoms with van der Waals surface area (Å²) in [5.41, 5.74) is 1.45. The highest BCUT2D eigenvalue weighted by molar-refractivity contribution is 6.07. The molecule has 0 aromatic heterocycles. The number of carbonyl (C=O) groups is 2. The van der Waals surface area contributed by atoms with Gasteiger partial charge in [-0.25, -0.2) is 9.18 Å². The number of carbonyl (C=O) groups excluding carboxylic acids is 2. The first kappa shape index (κ1) is 16.6. The van der Waals surface area contributed by atoms with Gasteiger partial charge >= 0.3 is 6.03 Å². The third kappa shape index (κ3) is 2.81. The number of rotatable bonds is 4. The first-order chi connectivity index (χ1) is 12.6. The molecule has 1 unspecified atom stereocenters. The third-order valence-electron chi connectivity index (χ3n) is 5.09. The molecule has 4 rings (SSSR count). The van der Waals surface area contributed by atoms with Gasteiger partial charge in [0.1, 0.15) is 12.1 Å². The lowest BCUT2D eigenvalue weighted by Crippen LogP contribution is -2.51. The fraction of sp³-hybridized carbons (Fsp3) is 0.300. The predicted octanol–water partition coefficient (Wildman–Crippen LogP) is 2.68. The van der Waals surface area contributed by atoms with E-state index in [9.17, 15) is 14.0 Å². The second-order valence-electron chi connectivity index (χ2n) is 6.69. The molecule has 5 nitrogen and oxygen atoms in total. The van der Waals surface area contributed by atoms with E-state index >= 15 is 0 Å². The molecule has 134 valence electrons. The Morgan fingerprint density at radius 1 is 1.08 bits per heavy atom. The lowest BCUT2D eigenvalue weighted by Gasteiger charge is -2.32. The van der Waals surface area contributed by atoms with Crippen LogP contribution >= 0.6 is 0 Å². The summed E-state index contributed by atoms with van der Waals surface area (Å²) in [6, 6.07) is 13.6. The van der Waals surface area contributed by atoms with Crippen molar-refractivity contribution in [1.82, 2.24) is 10.2 Å². The number of benzene rings is 2. The highest BCUT2D eigenvalue weighted by Crippen LogP contribution is 2.33. The van der Waals surface area contributed by atoms with E-state index in [1.807, 2.05) is 18.2 Å². The van der Waals surface area contributed by atoms with Crippen molar-refractivity contribution < 1.29 is 18.7 Å². The Balaban J connectivity index is 1.44. The third-order valence-corrected chi connectivity index (χ3v) is 5.09. The summed E-state index contributed by atoms with van der Waals surface area (Å²) in [5.74, 6) is -0.583. The Kier molecular flexibility index (Phi) is 4.11. The Morgan fingerprint density at radius 2 is 1.81 bits per heavy atom. The lowest BCUT2D eigenvalue weighted by atomic mass is 9.78. The van der Waals surface area contributed by atoms with Gasteiger partial charge in [-0.2, -0.15) is 0 Å². The number of nitrogens with zero attached hydrogens (tertiary/aromatic N) is 1. The summed E-state index contributed by atoms with van der Waals surface area (Å²) < 4.78 is 19.0. The normalized spacial score (nSPS) is 21.7. The standard InChI is InChI=1S/C20H19FN2O3/c21-16-7-3-4-8-17(16)26-12-11-23-18(24)20(22-19(23)25)10-9-14-5-1-2-6-15(14)13-20/h1-8H,9-13H2,(H,22,25). The van der Waals surface area contributed by atoms with Gasteiger partial charge in [0.15, 0.2) is 11.6 Å². The highest BCUT2D eigenvalue weighted by Gasteiger charge is 2.52. The molecule has 2 aliphatic rings. The largest absolute Gasteiger partial charge is 0.489 e. The number of hydrogen-bond donors (Lipinski definition) is 1. The van der Waals surface area contributed by atoms with Crippen molar-refractivity contribution in [1.29, 1.82) is 0 Å². The molecule has 0 bridgehead atoms. The molecular weight excluding hydrogens is 335 g/mol. The average molecular weight is 354 g/mol. The first-order valence-electron chi connectivity index (χ1n) is 8.67. The summed E-state index contributed by atoms with van der Waals surface area (Å²) >= 11 is 0. The smallest absolute Gasteiger partial charge is 0.325 e. The SMILES string of the molecule is O=C1NC2(CCc3ccccc3C2)C(=O)N1CCOc1ccccc1F. The van der Waals surface area contributed by atoms with Crippen LogP contribution in [-0.2, 0) is 17.6 Å². The van der Waals surface area contributed by atoms with Crippen molar-refractivity contribution in [2.45, 2.75) is 24.8 Å². The zero-order valence-electron chi connectivity index (χ0n) is 14.2. The molecule has 0 saturated carbocycles. The molecule has 3 amide bonds. The van der Waals surface area contributed by atoms with E-state index in [0.717, 1.165) is 12.0 Å².